The largest absolute Gasteiger partial charge is 0.364 e. The van der Waals surface area contributed by atoms with E-state index in [0.717, 1.165) is 13.1 Å². The van der Waals surface area contributed by atoms with E-state index in [2.05, 4.69) is 4.90 Å². The quantitative estimate of drug-likeness (QED) is 0.733. The van der Waals surface area contributed by atoms with Gasteiger partial charge < -0.3 is 9.80 Å². The fourth-order valence-electron chi connectivity index (χ4n) is 3.64. The first-order chi connectivity index (χ1) is 14.0. The molecule has 1 fully saturated rings. The maximum absolute atomic E-state index is 13.4. The van der Waals surface area contributed by atoms with Crippen molar-refractivity contribution in [2.75, 3.05) is 38.1 Å². The Labute approximate surface area is 174 Å². The van der Waals surface area contributed by atoms with E-state index in [4.69, 9.17) is 16.9 Å². The predicted molar refractivity (Wildman–Crippen MR) is 111 cm³/mol. The standard InChI is InChI=1S/C22H19ClN4O2/c1-25-10-12-26(13-11-25)20-19(16-4-6-17(23)7-5-16)21(28)27(22(20)29)18-8-2-15(14-24)3-9-18/h2-9H,10-13H2,1H3. The lowest BCUT2D eigenvalue weighted by molar-refractivity contribution is -0.120. The number of likely N-dealkylation sites (N-methyl/N-ethyl adjacent to an activating group) is 1. The molecule has 2 aliphatic heterocycles. The minimum absolute atomic E-state index is 0.339. The zero-order valence-electron chi connectivity index (χ0n) is 15.9. The van der Waals surface area contributed by atoms with Gasteiger partial charge in [0.15, 0.2) is 0 Å². The van der Waals surface area contributed by atoms with Gasteiger partial charge in [-0.3, -0.25) is 9.59 Å². The van der Waals surface area contributed by atoms with Crippen LogP contribution in [-0.2, 0) is 9.59 Å². The summed E-state index contributed by atoms with van der Waals surface area (Å²) >= 11 is 6.02. The fraction of sp³-hybridized carbons (Fsp3) is 0.227. The van der Waals surface area contributed by atoms with Gasteiger partial charge in [0.1, 0.15) is 5.70 Å². The Morgan fingerprint density at radius 1 is 0.897 bits per heavy atom. The van der Waals surface area contributed by atoms with Crippen molar-refractivity contribution in [1.29, 1.82) is 5.26 Å². The fourth-order valence-corrected chi connectivity index (χ4v) is 3.76. The van der Waals surface area contributed by atoms with Crippen molar-refractivity contribution >= 4 is 34.7 Å². The van der Waals surface area contributed by atoms with Crippen LogP contribution >= 0.6 is 11.6 Å². The summed E-state index contributed by atoms with van der Waals surface area (Å²) in [5.41, 5.74) is 2.40. The van der Waals surface area contributed by atoms with Crippen LogP contribution in [0.2, 0.25) is 5.02 Å². The molecule has 146 valence electrons. The number of hydrogen-bond acceptors (Lipinski definition) is 5. The number of nitrogens with zero attached hydrogens (tertiary/aromatic N) is 4. The Morgan fingerprint density at radius 2 is 1.52 bits per heavy atom. The highest BCUT2D eigenvalue weighted by molar-refractivity contribution is 6.45. The van der Waals surface area contributed by atoms with Crippen molar-refractivity contribution in [3.63, 3.8) is 0 Å². The lowest BCUT2D eigenvalue weighted by Gasteiger charge is -2.34. The molecule has 2 aliphatic rings. The monoisotopic (exact) mass is 406 g/mol. The van der Waals surface area contributed by atoms with Crippen molar-refractivity contribution in [3.05, 3.63) is 70.4 Å². The zero-order chi connectivity index (χ0) is 20.5. The molecular formula is C22H19ClN4O2. The summed E-state index contributed by atoms with van der Waals surface area (Å²) in [5, 5.41) is 9.58. The van der Waals surface area contributed by atoms with Crippen LogP contribution in [0, 0.1) is 11.3 Å². The van der Waals surface area contributed by atoms with Gasteiger partial charge in [-0.2, -0.15) is 5.26 Å². The van der Waals surface area contributed by atoms with E-state index in [1.54, 1.807) is 48.5 Å². The molecule has 0 N–H and O–H groups in total. The van der Waals surface area contributed by atoms with Crippen LogP contribution in [0.4, 0.5) is 5.69 Å². The first kappa shape index (κ1) is 19.2. The molecule has 7 heteroatoms. The van der Waals surface area contributed by atoms with Gasteiger partial charge in [-0.15, -0.1) is 0 Å². The highest BCUT2D eigenvalue weighted by Gasteiger charge is 2.42. The molecule has 29 heavy (non-hydrogen) atoms. The van der Waals surface area contributed by atoms with E-state index in [-0.39, 0.29) is 11.8 Å². The van der Waals surface area contributed by atoms with Gasteiger partial charge >= 0.3 is 0 Å². The summed E-state index contributed by atoms with van der Waals surface area (Å²) in [7, 11) is 2.04. The van der Waals surface area contributed by atoms with E-state index >= 15 is 0 Å². The van der Waals surface area contributed by atoms with Crippen molar-refractivity contribution in [3.8, 4) is 6.07 Å². The van der Waals surface area contributed by atoms with E-state index in [1.807, 2.05) is 18.0 Å². The first-order valence-electron chi connectivity index (χ1n) is 9.32. The highest BCUT2D eigenvalue weighted by atomic mass is 35.5. The third kappa shape index (κ3) is 3.51. The lowest BCUT2D eigenvalue weighted by Crippen LogP contribution is -2.46. The number of carbonyl (C=O) groups excluding carboxylic acids is 2. The van der Waals surface area contributed by atoms with Crippen LogP contribution in [0.3, 0.4) is 0 Å². The van der Waals surface area contributed by atoms with Gasteiger partial charge in [-0.1, -0.05) is 23.7 Å². The Bertz CT molecular complexity index is 1030. The number of amides is 2. The lowest BCUT2D eigenvalue weighted by atomic mass is 10.0. The molecule has 0 unspecified atom stereocenters. The molecule has 2 aromatic rings. The van der Waals surface area contributed by atoms with Crippen LogP contribution in [-0.4, -0.2) is 54.8 Å². The number of anilines is 1. The maximum atomic E-state index is 13.4. The van der Waals surface area contributed by atoms with Crippen molar-refractivity contribution in [1.82, 2.24) is 9.80 Å². The number of benzene rings is 2. The zero-order valence-corrected chi connectivity index (χ0v) is 16.7. The number of piperazine rings is 1. The van der Waals surface area contributed by atoms with Gasteiger partial charge in [0.2, 0.25) is 0 Å². The van der Waals surface area contributed by atoms with Gasteiger partial charge in [-0.05, 0) is 49.0 Å². The number of carbonyl (C=O) groups is 2. The Kier molecular flexibility index (Phi) is 5.10. The minimum Gasteiger partial charge on any atom is -0.364 e. The normalized spacial score (nSPS) is 17.8. The number of nitriles is 1. The molecule has 0 aliphatic carbocycles. The third-order valence-electron chi connectivity index (χ3n) is 5.27. The topological polar surface area (TPSA) is 67.7 Å². The van der Waals surface area contributed by atoms with Crippen LogP contribution in [0.15, 0.2) is 54.2 Å². The Morgan fingerprint density at radius 3 is 2.10 bits per heavy atom. The second-order valence-electron chi connectivity index (χ2n) is 7.13. The van der Waals surface area contributed by atoms with Crippen molar-refractivity contribution in [2.45, 2.75) is 0 Å². The smallest absolute Gasteiger partial charge is 0.282 e. The molecule has 0 bridgehead atoms. The summed E-state index contributed by atoms with van der Waals surface area (Å²) in [4.78, 5) is 32.2. The number of rotatable bonds is 3. The molecular weight excluding hydrogens is 388 g/mol. The molecule has 4 rings (SSSR count). The molecule has 0 spiro atoms. The van der Waals surface area contributed by atoms with E-state index in [1.165, 1.54) is 4.90 Å². The molecule has 2 heterocycles. The number of hydrogen-bond donors (Lipinski definition) is 0. The highest BCUT2D eigenvalue weighted by Crippen LogP contribution is 2.35. The second kappa shape index (κ2) is 7.70. The first-order valence-corrected chi connectivity index (χ1v) is 9.70. The predicted octanol–water partition coefficient (Wildman–Crippen LogP) is 2.74. The third-order valence-corrected chi connectivity index (χ3v) is 5.52. The van der Waals surface area contributed by atoms with E-state index < -0.39 is 0 Å². The average Bonchev–Trinajstić information content (AvgIpc) is 2.99. The molecule has 6 nitrogen and oxygen atoms in total. The van der Waals surface area contributed by atoms with E-state index in [0.29, 0.717) is 46.2 Å². The summed E-state index contributed by atoms with van der Waals surface area (Å²) in [6.07, 6.45) is 0. The summed E-state index contributed by atoms with van der Waals surface area (Å²) in [5.74, 6) is -0.704. The molecule has 1 saturated heterocycles. The SMILES string of the molecule is CN1CCN(C2=C(c3ccc(Cl)cc3)C(=O)N(c3ccc(C#N)cc3)C2=O)CC1. The Balaban J connectivity index is 1.79. The molecule has 0 aromatic heterocycles. The second-order valence-corrected chi connectivity index (χ2v) is 7.56. The van der Waals surface area contributed by atoms with Crippen molar-refractivity contribution < 1.29 is 9.59 Å². The van der Waals surface area contributed by atoms with Crippen LogP contribution in [0.25, 0.3) is 5.57 Å². The van der Waals surface area contributed by atoms with Crippen molar-refractivity contribution in [2.24, 2.45) is 0 Å². The van der Waals surface area contributed by atoms with Gasteiger partial charge in [0, 0.05) is 31.2 Å². The van der Waals surface area contributed by atoms with Gasteiger partial charge in [-0.25, -0.2) is 4.90 Å². The van der Waals surface area contributed by atoms with Gasteiger partial charge in [0.25, 0.3) is 11.8 Å². The van der Waals surface area contributed by atoms with Crippen LogP contribution in [0.5, 0.6) is 0 Å². The molecule has 2 aromatic carbocycles. The Hall–Kier alpha value is -3.14. The molecule has 0 radical (unpaired) electrons. The summed E-state index contributed by atoms with van der Waals surface area (Å²) in [6.45, 7) is 2.97. The van der Waals surface area contributed by atoms with Gasteiger partial charge in [0.05, 0.1) is 22.9 Å². The summed E-state index contributed by atoms with van der Waals surface area (Å²) in [6, 6.07) is 15.5. The van der Waals surface area contributed by atoms with E-state index in [9.17, 15) is 9.59 Å². The molecule has 2 amide bonds. The summed E-state index contributed by atoms with van der Waals surface area (Å²) < 4.78 is 0. The number of imide groups is 1. The number of halogens is 1. The molecule has 0 atom stereocenters. The maximum Gasteiger partial charge on any atom is 0.282 e. The minimum atomic E-state index is -0.365. The van der Waals surface area contributed by atoms with Crippen LogP contribution < -0.4 is 4.90 Å². The molecule has 0 saturated carbocycles. The average molecular weight is 407 g/mol. The van der Waals surface area contributed by atoms with Crippen LogP contribution in [0.1, 0.15) is 11.1 Å².